The molecule has 170 valence electrons. The van der Waals surface area contributed by atoms with Crippen LogP contribution in [0.2, 0.25) is 0 Å². The SMILES string of the molecule is CCCCCCCCCCCCCCCCCCCCC(O)COC(C)(C)C. The fourth-order valence-electron chi connectivity index (χ4n) is 3.71. The van der Waals surface area contributed by atoms with Crippen molar-refractivity contribution < 1.29 is 9.84 Å². The number of rotatable bonds is 21. The Kier molecular flexibility index (Phi) is 20.1. The van der Waals surface area contributed by atoms with Gasteiger partial charge in [0.1, 0.15) is 0 Å². The van der Waals surface area contributed by atoms with Crippen LogP contribution in [0.25, 0.3) is 0 Å². The molecule has 0 heterocycles. The molecule has 0 saturated carbocycles. The van der Waals surface area contributed by atoms with E-state index in [0.29, 0.717) is 6.61 Å². The Hall–Kier alpha value is -0.0800. The first-order valence-corrected chi connectivity index (χ1v) is 12.8. The lowest BCUT2D eigenvalue weighted by atomic mass is 10.0. The maximum absolute atomic E-state index is 9.92. The maximum Gasteiger partial charge on any atom is 0.0774 e. The minimum Gasteiger partial charge on any atom is -0.391 e. The lowest BCUT2D eigenvalue weighted by Crippen LogP contribution is -2.26. The quantitative estimate of drug-likeness (QED) is 0.196. The van der Waals surface area contributed by atoms with E-state index >= 15 is 0 Å². The van der Waals surface area contributed by atoms with Gasteiger partial charge in [0.15, 0.2) is 0 Å². The number of aliphatic hydroxyl groups excluding tert-OH is 1. The van der Waals surface area contributed by atoms with Gasteiger partial charge in [-0.25, -0.2) is 0 Å². The molecule has 0 radical (unpaired) electrons. The average Bonchev–Trinajstić information content (AvgIpc) is 2.65. The van der Waals surface area contributed by atoms with Gasteiger partial charge in [-0.05, 0) is 27.2 Å². The molecular weight excluding hydrogens is 344 g/mol. The van der Waals surface area contributed by atoms with E-state index in [1.165, 1.54) is 109 Å². The molecule has 0 aliphatic heterocycles. The summed E-state index contributed by atoms with van der Waals surface area (Å²) in [6, 6.07) is 0. The predicted octanol–water partition coefficient (Wildman–Crippen LogP) is 8.59. The van der Waals surface area contributed by atoms with Crippen molar-refractivity contribution in [1.82, 2.24) is 0 Å². The van der Waals surface area contributed by atoms with Crippen molar-refractivity contribution in [2.24, 2.45) is 0 Å². The van der Waals surface area contributed by atoms with Crippen molar-refractivity contribution in [2.75, 3.05) is 6.61 Å². The van der Waals surface area contributed by atoms with Crippen LogP contribution in [0, 0.1) is 0 Å². The van der Waals surface area contributed by atoms with E-state index < -0.39 is 0 Å². The Balaban J connectivity index is 3.12. The topological polar surface area (TPSA) is 29.5 Å². The van der Waals surface area contributed by atoms with Gasteiger partial charge in [-0.2, -0.15) is 0 Å². The Morgan fingerprint density at radius 3 is 1.21 bits per heavy atom. The maximum atomic E-state index is 9.92. The molecule has 0 bridgehead atoms. The fourth-order valence-corrected chi connectivity index (χ4v) is 3.71. The lowest BCUT2D eigenvalue weighted by molar-refractivity contribution is -0.0509. The predicted molar refractivity (Wildman–Crippen MR) is 125 cm³/mol. The molecule has 2 nitrogen and oxygen atoms in total. The van der Waals surface area contributed by atoms with E-state index in [0.717, 1.165) is 12.8 Å². The van der Waals surface area contributed by atoms with Crippen LogP contribution in [-0.2, 0) is 4.74 Å². The zero-order chi connectivity index (χ0) is 20.9. The third kappa shape index (κ3) is 24.0. The molecule has 1 unspecified atom stereocenters. The molecular formula is C26H54O2. The van der Waals surface area contributed by atoms with Gasteiger partial charge in [0.2, 0.25) is 0 Å². The molecule has 0 rings (SSSR count). The van der Waals surface area contributed by atoms with Crippen LogP contribution < -0.4 is 0 Å². The number of hydrogen-bond acceptors (Lipinski definition) is 2. The molecule has 0 aliphatic rings. The van der Waals surface area contributed by atoms with Crippen LogP contribution in [0.4, 0.5) is 0 Å². The summed E-state index contributed by atoms with van der Waals surface area (Å²) in [5, 5.41) is 9.92. The molecule has 0 aromatic carbocycles. The van der Waals surface area contributed by atoms with E-state index in [2.05, 4.69) is 6.92 Å². The summed E-state index contributed by atoms with van der Waals surface area (Å²) in [6.07, 6.45) is 25.8. The Labute approximate surface area is 178 Å². The molecule has 0 aromatic heterocycles. The van der Waals surface area contributed by atoms with Crippen molar-refractivity contribution in [2.45, 2.75) is 161 Å². The molecule has 1 N–H and O–H groups in total. The molecule has 0 saturated heterocycles. The minimum atomic E-state index is -0.291. The van der Waals surface area contributed by atoms with Gasteiger partial charge in [-0.3, -0.25) is 0 Å². The number of aliphatic hydroxyl groups is 1. The highest BCUT2D eigenvalue weighted by atomic mass is 16.5. The first-order chi connectivity index (χ1) is 13.5. The van der Waals surface area contributed by atoms with Gasteiger partial charge >= 0.3 is 0 Å². The average molecular weight is 399 g/mol. The highest BCUT2D eigenvalue weighted by Crippen LogP contribution is 2.15. The Morgan fingerprint density at radius 1 is 0.571 bits per heavy atom. The smallest absolute Gasteiger partial charge is 0.0774 e. The molecule has 0 spiro atoms. The van der Waals surface area contributed by atoms with Crippen molar-refractivity contribution in [1.29, 1.82) is 0 Å². The third-order valence-corrected chi connectivity index (χ3v) is 5.60. The summed E-state index contributed by atoms with van der Waals surface area (Å²) in [7, 11) is 0. The minimum absolute atomic E-state index is 0.144. The highest BCUT2D eigenvalue weighted by molar-refractivity contribution is 4.62. The van der Waals surface area contributed by atoms with E-state index in [-0.39, 0.29) is 11.7 Å². The van der Waals surface area contributed by atoms with Gasteiger partial charge in [0, 0.05) is 0 Å². The Morgan fingerprint density at radius 2 is 0.893 bits per heavy atom. The van der Waals surface area contributed by atoms with Gasteiger partial charge < -0.3 is 9.84 Å². The van der Waals surface area contributed by atoms with E-state index in [1.807, 2.05) is 20.8 Å². The first kappa shape index (κ1) is 27.9. The van der Waals surface area contributed by atoms with E-state index in [1.54, 1.807) is 0 Å². The zero-order valence-corrected chi connectivity index (χ0v) is 20.1. The monoisotopic (exact) mass is 398 g/mol. The van der Waals surface area contributed by atoms with Gasteiger partial charge in [-0.15, -0.1) is 0 Å². The van der Waals surface area contributed by atoms with E-state index in [4.69, 9.17) is 4.74 Å². The van der Waals surface area contributed by atoms with Gasteiger partial charge in [0.25, 0.3) is 0 Å². The normalized spacial score (nSPS) is 13.2. The number of ether oxygens (including phenoxy) is 1. The number of hydrogen-bond donors (Lipinski definition) is 1. The van der Waals surface area contributed by atoms with Gasteiger partial charge in [0.05, 0.1) is 18.3 Å². The van der Waals surface area contributed by atoms with Gasteiger partial charge in [-0.1, -0.05) is 122 Å². The zero-order valence-electron chi connectivity index (χ0n) is 20.1. The van der Waals surface area contributed by atoms with Crippen molar-refractivity contribution in [3.8, 4) is 0 Å². The molecule has 0 amide bonds. The van der Waals surface area contributed by atoms with E-state index in [9.17, 15) is 5.11 Å². The van der Waals surface area contributed by atoms with Crippen molar-refractivity contribution in [3.05, 3.63) is 0 Å². The highest BCUT2D eigenvalue weighted by Gasteiger charge is 2.13. The van der Waals surface area contributed by atoms with Crippen LogP contribution in [0.5, 0.6) is 0 Å². The lowest BCUT2D eigenvalue weighted by Gasteiger charge is -2.21. The van der Waals surface area contributed by atoms with Crippen LogP contribution in [-0.4, -0.2) is 23.4 Å². The van der Waals surface area contributed by atoms with Crippen LogP contribution >= 0.6 is 0 Å². The summed E-state index contributed by atoms with van der Waals surface area (Å²) in [5.74, 6) is 0. The van der Waals surface area contributed by atoms with Crippen LogP contribution in [0.1, 0.15) is 150 Å². The first-order valence-electron chi connectivity index (χ1n) is 12.8. The molecule has 0 fully saturated rings. The summed E-state index contributed by atoms with van der Waals surface area (Å²) in [5.41, 5.74) is -0.144. The Bertz CT molecular complexity index is 295. The van der Waals surface area contributed by atoms with Crippen molar-refractivity contribution >= 4 is 0 Å². The molecule has 2 heteroatoms. The summed E-state index contributed by atoms with van der Waals surface area (Å²) >= 11 is 0. The summed E-state index contributed by atoms with van der Waals surface area (Å²) in [6.45, 7) is 8.88. The van der Waals surface area contributed by atoms with Crippen LogP contribution in [0.15, 0.2) is 0 Å². The number of unbranched alkanes of at least 4 members (excludes halogenated alkanes) is 17. The largest absolute Gasteiger partial charge is 0.391 e. The second kappa shape index (κ2) is 20.2. The standard InChI is InChI=1S/C26H54O2/c1-5-6-7-8-9-10-11-12-13-14-15-16-17-18-19-20-21-22-23-25(27)24-28-26(2,3)4/h25,27H,5-24H2,1-4H3. The fraction of sp³-hybridized carbons (Fsp3) is 1.00. The second-order valence-corrected chi connectivity index (χ2v) is 9.88. The molecule has 0 aromatic rings. The molecule has 28 heavy (non-hydrogen) atoms. The second-order valence-electron chi connectivity index (χ2n) is 9.88. The third-order valence-electron chi connectivity index (χ3n) is 5.60. The van der Waals surface area contributed by atoms with Crippen LogP contribution in [0.3, 0.4) is 0 Å². The molecule has 0 aliphatic carbocycles. The summed E-state index contributed by atoms with van der Waals surface area (Å²) in [4.78, 5) is 0. The molecule has 1 atom stereocenters. The summed E-state index contributed by atoms with van der Waals surface area (Å²) < 4.78 is 5.63. The van der Waals surface area contributed by atoms with Crippen molar-refractivity contribution in [3.63, 3.8) is 0 Å².